The lowest BCUT2D eigenvalue weighted by Crippen LogP contribution is -3.00. The van der Waals surface area contributed by atoms with E-state index < -0.39 is 0 Å². The van der Waals surface area contributed by atoms with Crippen LogP contribution in [0.2, 0.25) is 0 Å². The Morgan fingerprint density at radius 1 is 0.957 bits per heavy atom. The Balaban J connectivity index is 0.00000192. The van der Waals surface area contributed by atoms with Gasteiger partial charge < -0.3 is 27.2 Å². The second kappa shape index (κ2) is 8.80. The van der Waals surface area contributed by atoms with Crippen molar-refractivity contribution >= 4 is 0 Å². The van der Waals surface area contributed by atoms with E-state index in [2.05, 4.69) is 29.6 Å². The third-order valence-corrected chi connectivity index (χ3v) is 3.72. The molecule has 0 unspecified atom stereocenters. The first-order valence-corrected chi connectivity index (χ1v) is 8.01. The molecule has 1 saturated carbocycles. The lowest BCUT2D eigenvalue weighted by molar-refractivity contribution is -0.00000531. The molecule has 0 heterocycles. The van der Waals surface area contributed by atoms with Gasteiger partial charge in [0.15, 0.2) is 11.5 Å². The first-order valence-electron chi connectivity index (χ1n) is 8.01. The molecule has 0 spiro atoms. The average Bonchev–Trinajstić information content (AvgIpc) is 3.38. The smallest absolute Gasteiger partial charge is 0.161 e. The summed E-state index contributed by atoms with van der Waals surface area (Å²) in [6, 6.07) is 17.1. The molecule has 1 fully saturated rings. The molecule has 23 heavy (non-hydrogen) atoms. The molecule has 3 rings (SSSR count). The molecule has 0 aliphatic heterocycles. The van der Waals surface area contributed by atoms with Crippen molar-refractivity contribution in [2.75, 3.05) is 6.61 Å². The van der Waals surface area contributed by atoms with E-state index in [0.29, 0.717) is 19.3 Å². The maximum absolute atomic E-state index is 5.92. The Hall–Kier alpha value is -1.71. The van der Waals surface area contributed by atoms with Gasteiger partial charge in [0.1, 0.15) is 6.61 Å². The van der Waals surface area contributed by atoms with Gasteiger partial charge in [0, 0.05) is 12.6 Å². The van der Waals surface area contributed by atoms with E-state index in [4.69, 9.17) is 9.47 Å². The summed E-state index contributed by atoms with van der Waals surface area (Å²) in [5.74, 6) is 1.63. The summed E-state index contributed by atoms with van der Waals surface area (Å²) in [7, 11) is 0. The second-order valence-corrected chi connectivity index (χ2v) is 5.64. The van der Waals surface area contributed by atoms with Gasteiger partial charge in [-0.2, -0.15) is 0 Å². The fourth-order valence-electron chi connectivity index (χ4n) is 2.33. The first-order chi connectivity index (χ1) is 10.8. The van der Waals surface area contributed by atoms with Crippen LogP contribution in [0.1, 0.15) is 30.9 Å². The number of hydrogen-bond donors (Lipinski definition) is 1. The molecule has 0 atom stereocenters. The van der Waals surface area contributed by atoms with Crippen LogP contribution in [0.3, 0.4) is 0 Å². The largest absolute Gasteiger partial charge is 1.00 e. The minimum absolute atomic E-state index is 0. The molecule has 1 N–H and O–H groups in total. The normalized spacial score (nSPS) is 13.3. The van der Waals surface area contributed by atoms with E-state index in [-0.39, 0.29) is 12.4 Å². The quantitative estimate of drug-likeness (QED) is 0.780. The van der Waals surface area contributed by atoms with Crippen molar-refractivity contribution in [3.05, 3.63) is 59.7 Å². The molecule has 0 amide bonds. The summed E-state index contributed by atoms with van der Waals surface area (Å²) in [4.78, 5) is 0. The average molecular weight is 333 g/mol. The molecule has 3 nitrogen and oxygen atoms in total. The van der Waals surface area contributed by atoms with Crippen LogP contribution in [0.4, 0.5) is 0 Å². The highest BCUT2D eigenvalue weighted by Gasteiger charge is 2.20. The minimum Gasteiger partial charge on any atom is -1.00 e. The summed E-state index contributed by atoms with van der Waals surface area (Å²) in [5.41, 5.74) is 2.40. The highest BCUT2D eigenvalue weighted by molar-refractivity contribution is 5.43. The SMILES string of the molecule is CCOc1cc(CNC2CC2)ccc1OCc1ccccc1.[Cl-]. The number of ether oxygens (including phenoxy) is 2. The zero-order chi connectivity index (χ0) is 15.2. The van der Waals surface area contributed by atoms with Gasteiger partial charge in [0.05, 0.1) is 6.61 Å². The van der Waals surface area contributed by atoms with Crippen LogP contribution in [0.5, 0.6) is 11.5 Å². The molecule has 1 aliphatic rings. The van der Waals surface area contributed by atoms with E-state index in [1.54, 1.807) is 0 Å². The molecule has 0 radical (unpaired) electrons. The minimum atomic E-state index is 0. The lowest BCUT2D eigenvalue weighted by atomic mass is 10.2. The van der Waals surface area contributed by atoms with Crippen molar-refractivity contribution in [2.45, 2.75) is 39.0 Å². The molecule has 1 aliphatic carbocycles. The van der Waals surface area contributed by atoms with E-state index in [9.17, 15) is 0 Å². The van der Waals surface area contributed by atoms with Gasteiger partial charge >= 0.3 is 0 Å². The fraction of sp³-hybridized carbons (Fsp3) is 0.368. The summed E-state index contributed by atoms with van der Waals surface area (Å²) in [6.45, 7) is 4.08. The molecule has 2 aromatic rings. The molecule has 0 aromatic heterocycles. The van der Waals surface area contributed by atoms with Gasteiger partial charge in [0.2, 0.25) is 0 Å². The highest BCUT2D eigenvalue weighted by atomic mass is 35.5. The number of halogens is 1. The monoisotopic (exact) mass is 332 g/mol. The predicted octanol–water partition coefficient (Wildman–Crippen LogP) is 0.920. The van der Waals surface area contributed by atoms with Gasteiger partial charge in [-0.1, -0.05) is 36.4 Å². The topological polar surface area (TPSA) is 30.5 Å². The molecular formula is C19H23ClNO2-. The van der Waals surface area contributed by atoms with Gasteiger partial charge in [-0.3, -0.25) is 0 Å². The maximum atomic E-state index is 5.92. The van der Waals surface area contributed by atoms with Crippen molar-refractivity contribution in [3.8, 4) is 11.5 Å². The van der Waals surface area contributed by atoms with Crippen molar-refractivity contribution in [1.82, 2.24) is 5.32 Å². The standard InChI is InChI=1S/C19H23NO2.ClH/c1-2-21-19-12-16(13-20-17-9-10-17)8-11-18(19)22-14-15-6-4-3-5-7-15;/h3-8,11-12,17,20H,2,9-10,13-14H2,1H3;1H/p-1. The van der Waals surface area contributed by atoms with Crippen molar-refractivity contribution in [3.63, 3.8) is 0 Å². The van der Waals surface area contributed by atoms with E-state index in [1.165, 1.54) is 18.4 Å². The first kappa shape index (κ1) is 17.6. The molecular weight excluding hydrogens is 310 g/mol. The van der Waals surface area contributed by atoms with Gasteiger partial charge in [0.25, 0.3) is 0 Å². The van der Waals surface area contributed by atoms with Gasteiger partial charge in [-0.05, 0) is 43.0 Å². The third kappa shape index (κ3) is 5.45. The summed E-state index contributed by atoms with van der Waals surface area (Å²) in [6.07, 6.45) is 2.60. The van der Waals surface area contributed by atoms with Crippen LogP contribution in [0, 0.1) is 0 Å². The maximum Gasteiger partial charge on any atom is 0.161 e. The van der Waals surface area contributed by atoms with Crippen LogP contribution < -0.4 is 27.2 Å². The highest BCUT2D eigenvalue weighted by Crippen LogP contribution is 2.29. The predicted molar refractivity (Wildman–Crippen MR) is 88.2 cm³/mol. The van der Waals surface area contributed by atoms with Crippen molar-refractivity contribution in [1.29, 1.82) is 0 Å². The molecule has 0 bridgehead atoms. The molecule has 2 aromatic carbocycles. The fourth-order valence-corrected chi connectivity index (χ4v) is 2.33. The van der Waals surface area contributed by atoms with Gasteiger partial charge in [-0.25, -0.2) is 0 Å². The van der Waals surface area contributed by atoms with Crippen molar-refractivity contribution in [2.24, 2.45) is 0 Å². The summed E-state index contributed by atoms with van der Waals surface area (Å²) in [5, 5.41) is 3.52. The Kier molecular flexibility index (Phi) is 6.75. The number of rotatable bonds is 8. The van der Waals surface area contributed by atoms with Crippen LogP contribution in [-0.2, 0) is 13.2 Å². The van der Waals surface area contributed by atoms with E-state index >= 15 is 0 Å². The van der Waals surface area contributed by atoms with Crippen LogP contribution in [-0.4, -0.2) is 12.6 Å². The molecule has 0 saturated heterocycles. The Bertz CT molecular complexity index is 600. The van der Waals surface area contributed by atoms with Crippen LogP contribution in [0.25, 0.3) is 0 Å². The Morgan fingerprint density at radius 3 is 2.43 bits per heavy atom. The molecule has 4 heteroatoms. The van der Waals surface area contributed by atoms with Crippen LogP contribution >= 0.6 is 0 Å². The number of benzene rings is 2. The lowest BCUT2D eigenvalue weighted by Gasteiger charge is -2.14. The summed E-state index contributed by atoms with van der Waals surface area (Å²) < 4.78 is 11.7. The van der Waals surface area contributed by atoms with E-state index in [1.807, 2.05) is 31.2 Å². The zero-order valence-corrected chi connectivity index (χ0v) is 14.2. The summed E-state index contributed by atoms with van der Waals surface area (Å²) >= 11 is 0. The van der Waals surface area contributed by atoms with Crippen molar-refractivity contribution < 1.29 is 21.9 Å². The number of hydrogen-bond acceptors (Lipinski definition) is 3. The van der Waals surface area contributed by atoms with E-state index in [0.717, 1.165) is 23.6 Å². The van der Waals surface area contributed by atoms with Crippen LogP contribution in [0.15, 0.2) is 48.5 Å². The zero-order valence-electron chi connectivity index (χ0n) is 13.4. The third-order valence-electron chi connectivity index (χ3n) is 3.72. The number of nitrogens with one attached hydrogen (secondary N) is 1. The second-order valence-electron chi connectivity index (χ2n) is 5.64. The van der Waals surface area contributed by atoms with Gasteiger partial charge in [-0.15, -0.1) is 0 Å². The Morgan fingerprint density at radius 2 is 1.74 bits per heavy atom. The molecule has 124 valence electrons. The Labute approximate surface area is 144 Å².